The van der Waals surface area contributed by atoms with Gasteiger partial charge in [-0.05, 0) is 32.8 Å². The summed E-state index contributed by atoms with van der Waals surface area (Å²) in [6.07, 6.45) is 2.44. The molecule has 3 rings (SSSR count). The number of carbonyl (C=O) groups excluding carboxylic acids is 1. The van der Waals surface area contributed by atoms with Crippen LogP contribution < -0.4 is 0 Å². The van der Waals surface area contributed by atoms with E-state index in [4.69, 9.17) is 14.0 Å². The van der Waals surface area contributed by atoms with Crippen molar-refractivity contribution in [2.75, 3.05) is 26.8 Å². The second kappa shape index (κ2) is 9.09. The van der Waals surface area contributed by atoms with Crippen LogP contribution in [-0.2, 0) is 33.8 Å². The van der Waals surface area contributed by atoms with Crippen molar-refractivity contribution in [3.63, 3.8) is 0 Å². The predicted octanol–water partition coefficient (Wildman–Crippen LogP) is 1.28. The van der Waals surface area contributed by atoms with E-state index in [0.717, 1.165) is 24.2 Å². The molecule has 3 heterocycles. The van der Waals surface area contributed by atoms with Gasteiger partial charge in [0.05, 0.1) is 18.4 Å². The Balaban J connectivity index is 1.37. The van der Waals surface area contributed by atoms with Crippen LogP contribution in [0.1, 0.15) is 35.9 Å². The van der Waals surface area contributed by atoms with Gasteiger partial charge < -0.3 is 18.9 Å². The highest BCUT2D eigenvalue weighted by atomic mass is 16.5. The minimum Gasteiger partial charge on any atom is -0.378 e. The third-order valence-electron chi connectivity index (χ3n) is 4.64. The number of aromatic nitrogens is 4. The summed E-state index contributed by atoms with van der Waals surface area (Å²) in [6.45, 7) is 6.48. The van der Waals surface area contributed by atoms with E-state index < -0.39 is 0 Å². The van der Waals surface area contributed by atoms with E-state index in [1.165, 1.54) is 0 Å². The van der Waals surface area contributed by atoms with Crippen molar-refractivity contribution >= 4 is 5.91 Å². The quantitative estimate of drug-likeness (QED) is 0.684. The molecule has 2 aromatic rings. The molecule has 0 aliphatic carbocycles. The first-order chi connectivity index (χ1) is 13.0. The summed E-state index contributed by atoms with van der Waals surface area (Å²) in [5, 5.41) is 8.25. The normalized spacial score (nSPS) is 15.4. The summed E-state index contributed by atoms with van der Waals surface area (Å²) < 4.78 is 17.7. The molecule has 148 valence electrons. The van der Waals surface area contributed by atoms with Crippen molar-refractivity contribution in [1.29, 1.82) is 0 Å². The number of rotatable bonds is 8. The second-order valence-corrected chi connectivity index (χ2v) is 6.82. The Morgan fingerprint density at radius 1 is 1.33 bits per heavy atom. The van der Waals surface area contributed by atoms with Gasteiger partial charge in [-0.15, -0.1) is 0 Å². The molecule has 0 unspecified atom stereocenters. The molecule has 1 amide bonds. The van der Waals surface area contributed by atoms with Crippen molar-refractivity contribution in [3.8, 4) is 0 Å². The molecule has 0 radical (unpaired) electrons. The number of amides is 1. The zero-order valence-electron chi connectivity index (χ0n) is 16.2. The maximum Gasteiger partial charge on any atom is 0.252 e. The summed E-state index contributed by atoms with van der Waals surface area (Å²) >= 11 is 0. The summed E-state index contributed by atoms with van der Waals surface area (Å²) in [7, 11) is 1.58. The highest BCUT2D eigenvalue weighted by Crippen LogP contribution is 2.15. The Morgan fingerprint density at radius 3 is 2.78 bits per heavy atom. The van der Waals surface area contributed by atoms with Crippen molar-refractivity contribution < 1.29 is 18.8 Å². The summed E-state index contributed by atoms with van der Waals surface area (Å²) in [4.78, 5) is 18.6. The number of piperidine rings is 1. The van der Waals surface area contributed by atoms with Crippen molar-refractivity contribution in [2.24, 2.45) is 0 Å². The Bertz CT molecular complexity index is 749. The van der Waals surface area contributed by atoms with E-state index in [0.29, 0.717) is 51.0 Å². The number of nitrogens with zero attached hydrogens (tertiary/aromatic N) is 5. The lowest BCUT2D eigenvalue weighted by atomic mass is 10.1. The molecule has 0 saturated carbocycles. The maximum atomic E-state index is 12.5. The lowest BCUT2D eigenvalue weighted by Gasteiger charge is -2.32. The highest BCUT2D eigenvalue weighted by Gasteiger charge is 2.24. The van der Waals surface area contributed by atoms with Gasteiger partial charge >= 0.3 is 0 Å². The first kappa shape index (κ1) is 19.5. The predicted molar refractivity (Wildman–Crippen MR) is 96.0 cm³/mol. The van der Waals surface area contributed by atoms with E-state index in [9.17, 15) is 4.79 Å². The molecule has 1 aliphatic rings. The van der Waals surface area contributed by atoms with E-state index in [1.54, 1.807) is 11.8 Å². The number of carbonyl (C=O) groups is 1. The van der Waals surface area contributed by atoms with E-state index >= 15 is 0 Å². The minimum absolute atomic E-state index is 0.108. The Hall–Kier alpha value is -2.26. The van der Waals surface area contributed by atoms with Gasteiger partial charge in [0.1, 0.15) is 13.2 Å². The van der Waals surface area contributed by atoms with Crippen LogP contribution in [0.2, 0.25) is 0 Å². The number of aryl methyl sites for hydroxylation is 2. The van der Waals surface area contributed by atoms with Crippen LogP contribution in [0.3, 0.4) is 0 Å². The molecule has 0 N–H and O–H groups in total. The zero-order chi connectivity index (χ0) is 19.2. The van der Waals surface area contributed by atoms with Gasteiger partial charge in [0.2, 0.25) is 5.91 Å². The number of hydrogen-bond acceptors (Lipinski definition) is 7. The smallest absolute Gasteiger partial charge is 0.252 e. The molecule has 0 atom stereocenters. The Labute approximate surface area is 158 Å². The molecule has 0 aromatic carbocycles. The van der Waals surface area contributed by atoms with Crippen molar-refractivity contribution in [3.05, 3.63) is 29.2 Å². The van der Waals surface area contributed by atoms with Crippen molar-refractivity contribution in [1.82, 2.24) is 24.8 Å². The van der Waals surface area contributed by atoms with Gasteiger partial charge in [-0.25, -0.2) is 0 Å². The molecule has 0 bridgehead atoms. The van der Waals surface area contributed by atoms with Crippen LogP contribution in [0.15, 0.2) is 10.6 Å². The van der Waals surface area contributed by atoms with E-state index in [1.807, 2.05) is 24.8 Å². The molecular weight excluding hydrogens is 350 g/mol. The van der Waals surface area contributed by atoms with Gasteiger partial charge in [0.15, 0.2) is 5.82 Å². The van der Waals surface area contributed by atoms with Crippen LogP contribution in [0.25, 0.3) is 0 Å². The van der Waals surface area contributed by atoms with E-state index in [-0.39, 0.29) is 12.0 Å². The van der Waals surface area contributed by atoms with Crippen LogP contribution in [0.4, 0.5) is 0 Å². The number of ether oxygens (including phenoxy) is 2. The van der Waals surface area contributed by atoms with Gasteiger partial charge in [-0.3, -0.25) is 9.48 Å². The lowest BCUT2D eigenvalue weighted by Crippen LogP contribution is -2.42. The number of methoxy groups -OCH3 is 1. The maximum absolute atomic E-state index is 12.5. The monoisotopic (exact) mass is 377 g/mol. The fourth-order valence-corrected chi connectivity index (χ4v) is 3.23. The number of likely N-dealkylation sites (tertiary alicyclic amines) is 1. The molecular formula is C18H27N5O4. The molecule has 27 heavy (non-hydrogen) atoms. The molecule has 9 nitrogen and oxygen atoms in total. The Kier molecular flexibility index (Phi) is 6.57. The topological polar surface area (TPSA) is 95.5 Å². The SMILES string of the molecule is COCc1nc(CCOC2CCN(C(=O)Cn3nc(C)cc3C)CC2)no1. The van der Waals surface area contributed by atoms with Crippen LogP contribution in [0.5, 0.6) is 0 Å². The molecule has 2 aromatic heterocycles. The van der Waals surface area contributed by atoms with Gasteiger partial charge in [0, 0.05) is 32.3 Å². The molecule has 1 aliphatic heterocycles. The summed E-state index contributed by atoms with van der Waals surface area (Å²) in [6, 6.07) is 1.98. The van der Waals surface area contributed by atoms with Gasteiger partial charge in [-0.2, -0.15) is 10.1 Å². The highest BCUT2D eigenvalue weighted by molar-refractivity contribution is 5.76. The largest absolute Gasteiger partial charge is 0.378 e. The van der Waals surface area contributed by atoms with Gasteiger partial charge in [0.25, 0.3) is 5.89 Å². The fourth-order valence-electron chi connectivity index (χ4n) is 3.23. The fraction of sp³-hybridized carbons (Fsp3) is 0.667. The average molecular weight is 377 g/mol. The standard InChI is InChI=1S/C18H27N5O4/c1-13-10-14(2)23(20-13)11-18(24)22-7-4-15(5-8-22)26-9-6-16-19-17(12-25-3)27-21-16/h10,15H,4-9,11-12H2,1-3H3. The Morgan fingerprint density at radius 2 is 2.11 bits per heavy atom. The molecule has 0 spiro atoms. The second-order valence-electron chi connectivity index (χ2n) is 6.82. The van der Waals surface area contributed by atoms with Gasteiger partial charge in [-0.1, -0.05) is 5.16 Å². The van der Waals surface area contributed by atoms with E-state index in [2.05, 4.69) is 15.2 Å². The third kappa shape index (κ3) is 5.36. The minimum atomic E-state index is 0.108. The first-order valence-electron chi connectivity index (χ1n) is 9.26. The van der Waals surface area contributed by atoms with Crippen LogP contribution in [-0.4, -0.2) is 63.6 Å². The first-order valence-corrected chi connectivity index (χ1v) is 9.26. The van der Waals surface area contributed by atoms with Crippen LogP contribution in [0, 0.1) is 13.8 Å². The average Bonchev–Trinajstić information content (AvgIpc) is 3.22. The van der Waals surface area contributed by atoms with Crippen molar-refractivity contribution in [2.45, 2.75) is 52.4 Å². The third-order valence-corrected chi connectivity index (χ3v) is 4.64. The summed E-state index contributed by atoms with van der Waals surface area (Å²) in [5.41, 5.74) is 1.94. The molecule has 1 fully saturated rings. The molecule has 1 saturated heterocycles. The lowest BCUT2D eigenvalue weighted by molar-refractivity contribution is -0.134. The number of hydrogen-bond donors (Lipinski definition) is 0. The molecule has 9 heteroatoms. The summed E-state index contributed by atoms with van der Waals surface area (Å²) in [5.74, 6) is 1.21. The zero-order valence-corrected chi connectivity index (χ0v) is 16.2. The van der Waals surface area contributed by atoms with Crippen LogP contribution >= 0.6 is 0 Å².